The second-order valence-corrected chi connectivity index (χ2v) is 7.14. The quantitative estimate of drug-likeness (QED) is 0.458. The molecule has 160 valence electrons. The number of carbonyl (C=O) groups is 2. The Morgan fingerprint density at radius 2 is 1.56 bits per heavy atom. The van der Waals surface area contributed by atoms with Crippen LogP contribution >= 0.6 is 0 Å². The molecule has 0 spiro atoms. The number of rotatable bonds is 6. The molecule has 0 saturated heterocycles. The molecular formula is C26H22N2O4. The Morgan fingerprint density at radius 1 is 0.875 bits per heavy atom. The number of hydrogen-bond acceptors (Lipinski definition) is 5. The van der Waals surface area contributed by atoms with Crippen molar-refractivity contribution in [3.05, 3.63) is 96.1 Å². The van der Waals surface area contributed by atoms with Gasteiger partial charge in [-0.2, -0.15) is 0 Å². The first-order chi connectivity index (χ1) is 15.6. The van der Waals surface area contributed by atoms with Gasteiger partial charge in [0.15, 0.2) is 6.04 Å². The van der Waals surface area contributed by atoms with Crippen molar-refractivity contribution >= 4 is 22.8 Å². The summed E-state index contributed by atoms with van der Waals surface area (Å²) in [6.45, 7) is 0. The predicted molar refractivity (Wildman–Crippen MR) is 122 cm³/mol. The van der Waals surface area contributed by atoms with E-state index in [-0.39, 0.29) is 0 Å². The average Bonchev–Trinajstić information content (AvgIpc) is 2.86. The Bertz CT molecular complexity index is 1250. The fourth-order valence-electron chi connectivity index (χ4n) is 3.52. The molecule has 1 aromatic heterocycles. The summed E-state index contributed by atoms with van der Waals surface area (Å²) in [5, 5.41) is 3.52. The molecule has 32 heavy (non-hydrogen) atoms. The van der Waals surface area contributed by atoms with E-state index in [0.29, 0.717) is 33.5 Å². The van der Waals surface area contributed by atoms with E-state index in [4.69, 9.17) is 14.5 Å². The zero-order valence-corrected chi connectivity index (χ0v) is 17.7. The van der Waals surface area contributed by atoms with Gasteiger partial charge in [0, 0.05) is 10.9 Å². The summed E-state index contributed by atoms with van der Waals surface area (Å²) in [5.41, 5.74) is 3.28. The molecule has 0 unspecified atom stereocenters. The SMILES string of the molecule is COC(=O)[C@H](NC(=O)c1cc(-c2ccccc2)nc2ccccc12)c1ccc(OC)cc1. The van der Waals surface area contributed by atoms with E-state index in [1.165, 1.54) is 7.11 Å². The smallest absolute Gasteiger partial charge is 0.333 e. The van der Waals surface area contributed by atoms with Crippen molar-refractivity contribution in [2.45, 2.75) is 6.04 Å². The van der Waals surface area contributed by atoms with E-state index in [1.807, 2.05) is 54.6 Å². The highest BCUT2D eigenvalue weighted by Crippen LogP contribution is 2.26. The van der Waals surface area contributed by atoms with Gasteiger partial charge >= 0.3 is 5.97 Å². The maximum Gasteiger partial charge on any atom is 0.333 e. The van der Waals surface area contributed by atoms with Crippen molar-refractivity contribution in [3.63, 3.8) is 0 Å². The average molecular weight is 426 g/mol. The lowest BCUT2D eigenvalue weighted by molar-refractivity contribution is -0.143. The molecule has 0 radical (unpaired) electrons. The number of nitrogens with zero attached hydrogens (tertiary/aromatic N) is 1. The molecule has 1 amide bonds. The number of ether oxygens (including phenoxy) is 2. The molecule has 4 rings (SSSR count). The van der Waals surface area contributed by atoms with E-state index < -0.39 is 17.9 Å². The van der Waals surface area contributed by atoms with Crippen LogP contribution in [0.15, 0.2) is 84.9 Å². The van der Waals surface area contributed by atoms with Crippen LogP contribution < -0.4 is 10.1 Å². The zero-order valence-electron chi connectivity index (χ0n) is 17.7. The lowest BCUT2D eigenvalue weighted by Gasteiger charge is -2.18. The van der Waals surface area contributed by atoms with Crippen LogP contribution in [0, 0.1) is 0 Å². The minimum atomic E-state index is -0.967. The number of hydrogen-bond donors (Lipinski definition) is 1. The van der Waals surface area contributed by atoms with Crippen molar-refractivity contribution in [1.82, 2.24) is 10.3 Å². The normalized spacial score (nSPS) is 11.6. The maximum atomic E-state index is 13.4. The van der Waals surface area contributed by atoms with Crippen molar-refractivity contribution < 1.29 is 19.1 Å². The van der Waals surface area contributed by atoms with Crippen LogP contribution in [0.2, 0.25) is 0 Å². The third-order valence-corrected chi connectivity index (χ3v) is 5.19. The number of methoxy groups -OCH3 is 2. The van der Waals surface area contributed by atoms with Gasteiger partial charge in [-0.05, 0) is 29.8 Å². The lowest BCUT2D eigenvalue weighted by Crippen LogP contribution is -2.34. The molecule has 4 aromatic rings. The van der Waals surface area contributed by atoms with Crippen molar-refractivity contribution in [2.75, 3.05) is 14.2 Å². The number of aromatic nitrogens is 1. The Labute approximate surface area is 185 Å². The predicted octanol–water partition coefficient (Wildman–Crippen LogP) is 4.55. The monoisotopic (exact) mass is 426 g/mol. The van der Waals surface area contributed by atoms with E-state index >= 15 is 0 Å². The molecule has 0 bridgehead atoms. The van der Waals surface area contributed by atoms with Crippen molar-refractivity contribution in [1.29, 1.82) is 0 Å². The van der Waals surface area contributed by atoms with E-state index in [0.717, 1.165) is 5.56 Å². The van der Waals surface area contributed by atoms with Gasteiger partial charge in [0.1, 0.15) is 5.75 Å². The highest BCUT2D eigenvalue weighted by molar-refractivity contribution is 6.08. The number of pyridine rings is 1. The number of fused-ring (bicyclic) bond motifs is 1. The van der Waals surface area contributed by atoms with Gasteiger partial charge in [0.05, 0.1) is 31.0 Å². The van der Waals surface area contributed by atoms with Gasteiger partial charge in [-0.1, -0.05) is 60.7 Å². The van der Waals surface area contributed by atoms with Crippen LogP contribution in [-0.4, -0.2) is 31.1 Å². The number of benzene rings is 3. The van der Waals surface area contributed by atoms with Gasteiger partial charge in [-0.15, -0.1) is 0 Å². The molecule has 6 nitrogen and oxygen atoms in total. The molecule has 0 aliphatic carbocycles. The molecule has 0 fully saturated rings. The summed E-state index contributed by atoms with van der Waals surface area (Å²) in [4.78, 5) is 30.6. The maximum absolute atomic E-state index is 13.4. The van der Waals surface area contributed by atoms with E-state index in [9.17, 15) is 9.59 Å². The third-order valence-electron chi connectivity index (χ3n) is 5.19. The molecule has 0 aliphatic heterocycles. The molecule has 3 aromatic carbocycles. The van der Waals surface area contributed by atoms with Crippen molar-refractivity contribution in [3.8, 4) is 17.0 Å². The molecule has 1 atom stereocenters. The van der Waals surface area contributed by atoms with Crippen LogP contribution in [-0.2, 0) is 9.53 Å². The molecule has 0 aliphatic rings. The fraction of sp³-hybridized carbons (Fsp3) is 0.115. The molecule has 0 saturated carbocycles. The number of nitrogens with one attached hydrogen (secondary N) is 1. The first kappa shape index (κ1) is 21.1. The van der Waals surface area contributed by atoms with Gasteiger partial charge in [-0.3, -0.25) is 4.79 Å². The van der Waals surface area contributed by atoms with Crippen molar-refractivity contribution in [2.24, 2.45) is 0 Å². The summed E-state index contributed by atoms with van der Waals surface area (Å²) in [5.74, 6) is -0.312. The van der Waals surface area contributed by atoms with E-state index in [1.54, 1.807) is 37.4 Å². The second-order valence-electron chi connectivity index (χ2n) is 7.14. The number of amides is 1. The molecular weight excluding hydrogens is 404 g/mol. The first-order valence-electron chi connectivity index (χ1n) is 10.1. The summed E-state index contributed by atoms with van der Waals surface area (Å²) in [7, 11) is 2.85. The molecule has 1 heterocycles. The highest BCUT2D eigenvalue weighted by atomic mass is 16.5. The van der Waals surface area contributed by atoms with Crippen LogP contribution in [0.1, 0.15) is 22.0 Å². The van der Waals surface area contributed by atoms with Crippen LogP contribution in [0.5, 0.6) is 5.75 Å². The van der Waals surface area contributed by atoms with Gasteiger partial charge in [-0.25, -0.2) is 9.78 Å². The number of para-hydroxylation sites is 1. The zero-order chi connectivity index (χ0) is 22.5. The number of carbonyl (C=O) groups excluding carboxylic acids is 2. The number of esters is 1. The Morgan fingerprint density at radius 3 is 2.25 bits per heavy atom. The Balaban J connectivity index is 1.75. The highest BCUT2D eigenvalue weighted by Gasteiger charge is 2.25. The second kappa shape index (κ2) is 9.31. The lowest BCUT2D eigenvalue weighted by atomic mass is 10.0. The van der Waals surface area contributed by atoms with Crippen LogP contribution in [0.4, 0.5) is 0 Å². The topological polar surface area (TPSA) is 77.5 Å². The first-order valence-corrected chi connectivity index (χ1v) is 10.1. The fourth-order valence-corrected chi connectivity index (χ4v) is 3.52. The van der Waals surface area contributed by atoms with Gasteiger partial charge in [0.2, 0.25) is 0 Å². The summed E-state index contributed by atoms with van der Waals surface area (Å²) in [6, 6.07) is 24.7. The standard InChI is InChI=1S/C26H22N2O4/c1-31-19-14-12-18(13-15-19)24(26(30)32-2)28-25(29)21-16-23(17-8-4-3-5-9-17)27-22-11-7-6-10-20(21)22/h3-16,24H,1-2H3,(H,28,29)/t24-/m1/s1. The summed E-state index contributed by atoms with van der Waals surface area (Å²) >= 11 is 0. The Hall–Kier alpha value is -4.19. The Kier molecular flexibility index (Phi) is 6.12. The van der Waals surface area contributed by atoms with Gasteiger partial charge < -0.3 is 14.8 Å². The summed E-state index contributed by atoms with van der Waals surface area (Å²) < 4.78 is 10.1. The molecule has 6 heteroatoms. The largest absolute Gasteiger partial charge is 0.497 e. The van der Waals surface area contributed by atoms with Crippen LogP contribution in [0.3, 0.4) is 0 Å². The van der Waals surface area contributed by atoms with Crippen LogP contribution in [0.25, 0.3) is 22.2 Å². The summed E-state index contributed by atoms with van der Waals surface area (Å²) in [6.07, 6.45) is 0. The minimum absolute atomic E-state index is 0.396. The molecule has 1 N–H and O–H groups in total. The minimum Gasteiger partial charge on any atom is -0.497 e. The van der Waals surface area contributed by atoms with Gasteiger partial charge in [0.25, 0.3) is 5.91 Å². The third kappa shape index (κ3) is 4.30. The van der Waals surface area contributed by atoms with E-state index in [2.05, 4.69) is 5.32 Å².